The van der Waals surface area contributed by atoms with Crippen LogP contribution >= 0.6 is 12.4 Å². The lowest BCUT2D eigenvalue weighted by atomic mass is 10.1. The lowest BCUT2D eigenvalue weighted by Gasteiger charge is -2.11. The van der Waals surface area contributed by atoms with Crippen molar-refractivity contribution in [2.45, 2.75) is 13.3 Å². The van der Waals surface area contributed by atoms with Crippen LogP contribution in [0.15, 0.2) is 12.1 Å². The van der Waals surface area contributed by atoms with Crippen LogP contribution in [-0.4, -0.2) is 44.7 Å². The molecule has 8 nitrogen and oxygen atoms in total. The highest BCUT2D eigenvalue weighted by atomic mass is 35.5. The maximum atomic E-state index is 12.1. The summed E-state index contributed by atoms with van der Waals surface area (Å²) in [4.78, 5) is 22.6. The van der Waals surface area contributed by atoms with Gasteiger partial charge < -0.3 is 20.1 Å². The van der Waals surface area contributed by atoms with E-state index in [1.165, 1.54) is 26.4 Å². The van der Waals surface area contributed by atoms with Crippen molar-refractivity contribution in [1.29, 1.82) is 0 Å². The molecule has 0 spiro atoms. The molecule has 0 aliphatic heterocycles. The number of nitro benzene ring substituents is 1. The standard InChI is InChI=1S/C14H21N3O5.ClH/c1-4-5-15-6-7-16-14(18)10-8-12(21-2)13(22-3)9-11(10)17(19)20;/h8-9,15H,4-7H2,1-3H3,(H,16,18);1H. The molecule has 23 heavy (non-hydrogen) atoms. The van der Waals surface area contributed by atoms with Gasteiger partial charge in [-0.15, -0.1) is 12.4 Å². The lowest BCUT2D eigenvalue weighted by molar-refractivity contribution is -0.385. The molecule has 1 aromatic carbocycles. The summed E-state index contributed by atoms with van der Waals surface area (Å²) in [5.74, 6) is -0.0522. The number of methoxy groups -OCH3 is 2. The van der Waals surface area contributed by atoms with E-state index in [0.29, 0.717) is 13.1 Å². The van der Waals surface area contributed by atoms with Gasteiger partial charge in [0.1, 0.15) is 5.56 Å². The van der Waals surface area contributed by atoms with Gasteiger partial charge in [-0.3, -0.25) is 14.9 Å². The molecule has 0 aromatic heterocycles. The Labute approximate surface area is 141 Å². The summed E-state index contributed by atoms with van der Waals surface area (Å²) in [5.41, 5.74) is -0.380. The molecule has 130 valence electrons. The van der Waals surface area contributed by atoms with E-state index in [-0.39, 0.29) is 35.2 Å². The second kappa shape index (κ2) is 10.6. The van der Waals surface area contributed by atoms with Gasteiger partial charge in [-0.1, -0.05) is 6.92 Å². The summed E-state index contributed by atoms with van der Waals surface area (Å²) in [6, 6.07) is 2.49. The first-order chi connectivity index (χ1) is 10.5. The molecule has 0 saturated heterocycles. The first-order valence-electron chi connectivity index (χ1n) is 6.94. The Bertz CT molecular complexity index is 539. The van der Waals surface area contributed by atoms with Gasteiger partial charge in [0.05, 0.1) is 25.2 Å². The molecule has 0 atom stereocenters. The summed E-state index contributed by atoms with van der Waals surface area (Å²) in [6.07, 6.45) is 0.995. The monoisotopic (exact) mass is 347 g/mol. The highest BCUT2D eigenvalue weighted by molar-refractivity contribution is 5.99. The maximum Gasteiger partial charge on any atom is 0.286 e. The van der Waals surface area contributed by atoms with E-state index < -0.39 is 10.8 Å². The topological polar surface area (TPSA) is 103 Å². The van der Waals surface area contributed by atoms with Crippen molar-refractivity contribution in [3.8, 4) is 11.5 Å². The van der Waals surface area contributed by atoms with Crippen LogP contribution in [0.1, 0.15) is 23.7 Å². The fourth-order valence-electron chi connectivity index (χ4n) is 1.86. The van der Waals surface area contributed by atoms with Crippen LogP contribution < -0.4 is 20.1 Å². The van der Waals surface area contributed by atoms with Gasteiger partial charge >= 0.3 is 0 Å². The number of benzene rings is 1. The molecule has 0 saturated carbocycles. The third-order valence-corrected chi connectivity index (χ3v) is 2.96. The van der Waals surface area contributed by atoms with Crippen LogP contribution in [0.2, 0.25) is 0 Å². The molecular weight excluding hydrogens is 326 g/mol. The Kier molecular flexibility index (Phi) is 9.68. The number of carbonyl (C=O) groups excluding carboxylic acids is 1. The molecule has 0 aliphatic carbocycles. The summed E-state index contributed by atoms with van der Waals surface area (Å²) in [7, 11) is 2.78. The molecule has 0 aliphatic rings. The molecule has 0 bridgehead atoms. The molecule has 1 amide bonds. The SMILES string of the molecule is CCCNCCNC(=O)c1cc(OC)c(OC)cc1[N+](=O)[O-].Cl. The van der Waals surface area contributed by atoms with Crippen molar-refractivity contribution >= 4 is 24.0 Å². The van der Waals surface area contributed by atoms with Gasteiger partial charge in [0.25, 0.3) is 11.6 Å². The Morgan fingerprint density at radius 3 is 2.30 bits per heavy atom. The number of ether oxygens (including phenoxy) is 2. The van der Waals surface area contributed by atoms with Crippen LogP contribution in [0.25, 0.3) is 0 Å². The zero-order valence-electron chi connectivity index (χ0n) is 13.4. The normalized spacial score (nSPS) is 9.70. The van der Waals surface area contributed by atoms with E-state index in [1.54, 1.807) is 0 Å². The second-order valence-corrected chi connectivity index (χ2v) is 4.49. The van der Waals surface area contributed by atoms with Crippen molar-refractivity contribution in [2.24, 2.45) is 0 Å². The number of nitrogens with zero attached hydrogens (tertiary/aromatic N) is 1. The number of nitrogens with one attached hydrogen (secondary N) is 2. The third kappa shape index (κ3) is 5.91. The summed E-state index contributed by atoms with van der Waals surface area (Å²) in [6.45, 7) is 3.87. The predicted octanol–water partition coefficient (Wildman–Crippen LogP) is 1.76. The molecule has 0 heterocycles. The molecule has 1 aromatic rings. The van der Waals surface area contributed by atoms with Crippen molar-refractivity contribution in [2.75, 3.05) is 33.9 Å². The van der Waals surface area contributed by atoms with Crippen LogP contribution in [0.5, 0.6) is 11.5 Å². The van der Waals surface area contributed by atoms with E-state index in [4.69, 9.17) is 9.47 Å². The van der Waals surface area contributed by atoms with Gasteiger partial charge in [-0.25, -0.2) is 0 Å². The number of nitro groups is 1. The fraction of sp³-hybridized carbons (Fsp3) is 0.500. The third-order valence-electron chi connectivity index (χ3n) is 2.96. The van der Waals surface area contributed by atoms with E-state index in [2.05, 4.69) is 10.6 Å². The van der Waals surface area contributed by atoms with Crippen molar-refractivity contribution in [3.63, 3.8) is 0 Å². The van der Waals surface area contributed by atoms with E-state index in [0.717, 1.165) is 13.0 Å². The zero-order valence-corrected chi connectivity index (χ0v) is 14.2. The number of rotatable bonds is 9. The number of hydrogen-bond donors (Lipinski definition) is 2. The number of hydrogen-bond acceptors (Lipinski definition) is 6. The molecule has 0 fully saturated rings. The summed E-state index contributed by atoms with van der Waals surface area (Å²) >= 11 is 0. The average molecular weight is 348 g/mol. The van der Waals surface area contributed by atoms with Crippen molar-refractivity contribution in [3.05, 3.63) is 27.8 Å². The number of amides is 1. The fourth-order valence-corrected chi connectivity index (χ4v) is 1.86. The predicted molar refractivity (Wildman–Crippen MR) is 88.9 cm³/mol. The van der Waals surface area contributed by atoms with E-state index in [1.807, 2.05) is 6.92 Å². The lowest BCUT2D eigenvalue weighted by Crippen LogP contribution is -2.32. The average Bonchev–Trinajstić information content (AvgIpc) is 2.52. The van der Waals surface area contributed by atoms with Crippen molar-refractivity contribution in [1.82, 2.24) is 10.6 Å². The minimum absolute atomic E-state index is 0. The highest BCUT2D eigenvalue weighted by Gasteiger charge is 2.24. The van der Waals surface area contributed by atoms with Gasteiger partial charge in [0, 0.05) is 19.2 Å². The van der Waals surface area contributed by atoms with Crippen LogP contribution in [0.4, 0.5) is 5.69 Å². The molecular formula is C14H22ClN3O5. The zero-order chi connectivity index (χ0) is 16.5. The van der Waals surface area contributed by atoms with Gasteiger partial charge in [0.15, 0.2) is 11.5 Å². The molecule has 1 rings (SSSR count). The second-order valence-electron chi connectivity index (χ2n) is 4.49. The van der Waals surface area contributed by atoms with Gasteiger partial charge in [0.2, 0.25) is 0 Å². The Morgan fingerprint density at radius 1 is 1.17 bits per heavy atom. The van der Waals surface area contributed by atoms with Gasteiger partial charge in [-0.05, 0) is 13.0 Å². The first-order valence-corrected chi connectivity index (χ1v) is 6.94. The molecule has 9 heteroatoms. The minimum atomic E-state index is -0.619. The van der Waals surface area contributed by atoms with Crippen LogP contribution in [-0.2, 0) is 0 Å². The van der Waals surface area contributed by atoms with Crippen molar-refractivity contribution < 1.29 is 19.2 Å². The first kappa shape index (κ1) is 20.9. The van der Waals surface area contributed by atoms with Gasteiger partial charge in [-0.2, -0.15) is 0 Å². The largest absolute Gasteiger partial charge is 0.493 e. The Hall–Kier alpha value is -2.06. The van der Waals surface area contributed by atoms with E-state index >= 15 is 0 Å². The van der Waals surface area contributed by atoms with Crippen LogP contribution in [0.3, 0.4) is 0 Å². The smallest absolute Gasteiger partial charge is 0.286 e. The number of carbonyl (C=O) groups is 1. The molecule has 0 unspecified atom stereocenters. The Balaban J connectivity index is 0.00000484. The maximum absolute atomic E-state index is 12.1. The minimum Gasteiger partial charge on any atom is -0.493 e. The summed E-state index contributed by atoms with van der Waals surface area (Å²) in [5, 5.41) is 16.9. The quantitative estimate of drug-likeness (QED) is 0.401. The summed E-state index contributed by atoms with van der Waals surface area (Å²) < 4.78 is 10.1. The van der Waals surface area contributed by atoms with Crippen LogP contribution in [0, 0.1) is 10.1 Å². The molecule has 0 radical (unpaired) electrons. The van der Waals surface area contributed by atoms with E-state index in [9.17, 15) is 14.9 Å². The molecule has 2 N–H and O–H groups in total. The number of halogens is 1. The Morgan fingerprint density at radius 2 is 1.78 bits per heavy atom. The highest BCUT2D eigenvalue weighted by Crippen LogP contribution is 2.34.